The van der Waals surface area contributed by atoms with Crippen molar-refractivity contribution in [3.8, 4) is 0 Å². The molecule has 5 nitrogen and oxygen atoms in total. The summed E-state index contributed by atoms with van der Waals surface area (Å²) in [7, 11) is 0. The highest BCUT2D eigenvalue weighted by atomic mass is 35.5. The second kappa shape index (κ2) is 6.72. The fourth-order valence-corrected chi connectivity index (χ4v) is 2.22. The van der Waals surface area contributed by atoms with Gasteiger partial charge in [-0.25, -0.2) is 4.39 Å². The summed E-state index contributed by atoms with van der Waals surface area (Å²) in [6.07, 6.45) is 0. The van der Waals surface area contributed by atoms with E-state index in [2.05, 4.69) is 10.5 Å². The maximum atomic E-state index is 13.5. The average Bonchev–Trinajstić information content (AvgIpc) is 2.48. The molecule has 2 aromatic carbocycles. The van der Waals surface area contributed by atoms with Gasteiger partial charge in [0.15, 0.2) is 0 Å². The first kappa shape index (κ1) is 16.2. The summed E-state index contributed by atoms with van der Waals surface area (Å²) >= 11 is 11.6. The van der Waals surface area contributed by atoms with Gasteiger partial charge in [-0.2, -0.15) is 5.10 Å². The molecule has 0 bridgehead atoms. The third-order valence-corrected chi connectivity index (χ3v) is 3.41. The van der Waals surface area contributed by atoms with Crippen LogP contribution in [0, 0.1) is 15.9 Å². The molecule has 1 N–H and O–H groups in total. The predicted molar refractivity (Wildman–Crippen MR) is 85.4 cm³/mol. The van der Waals surface area contributed by atoms with Gasteiger partial charge in [0.05, 0.1) is 26.4 Å². The number of nitrogens with one attached hydrogen (secondary N) is 1. The zero-order chi connectivity index (χ0) is 16.3. The summed E-state index contributed by atoms with van der Waals surface area (Å²) in [6, 6.07) is 8.32. The molecule has 0 aliphatic carbocycles. The van der Waals surface area contributed by atoms with Crippen LogP contribution in [0.15, 0.2) is 41.5 Å². The van der Waals surface area contributed by atoms with Crippen molar-refractivity contribution in [1.29, 1.82) is 0 Å². The molecule has 22 heavy (non-hydrogen) atoms. The Balaban J connectivity index is 2.25. The van der Waals surface area contributed by atoms with Gasteiger partial charge in [0.1, 0.15) is 5.82 Å². The summed E-state index contributed by atoms with van der Waals surface area (Å²) in [5, 5.41) is 14.9. The Morgan fingerprint density at radius 1 is 1.27 bits per heavy atom. The van der Waals surface area contributed by atoms with Crippen LogP contribution < -0.4 is 5.43 Å². The minimum atomic E-state index is -0.606. The molecule has 0 aliphatic rings. The van der Waals surface area contributed by atoms with Crippen LogP contribution >= 0.6 is 23.2 Å². The Kier molecular flexibility index (Phi) is 4.95. The minimum absolute atomic E-state index is 0.0616. The van der Waals surface area contributed by atoms with Gasteiger partial charge >= 0.3 is 0 Å². The first-order chi connectivity index (χ1) is 10.4. The molecule has 2 rings (SSSR count). The van der Waals surface area contributed by atoms with E-state index in [4.69, 9.17) is 23.2 Å². The van der Waals surface area contributed by atoms with Gasteiger partial charge < -0.3 is 0 Å². The number of rotatable bonds is 4. The number of benzene rings is 2. The lowest BCUT2D eigenvalue weighted by Gasteiger charge is -2.06. The third-order valence-electron chi connectivity index (χ3n) is 2.81. The van der Waals surface area contributed by atoms with Crippen molar-refractivity contribution in [3.05, 3.63) is 67.9 Å². The Morgan fingerprint density at radius 3 is 2.68 bits per heavy atom. The number of anilines is 1. The summed E-state index contributed by atoms with van der Waals surface area (Å²) < 4.78 is 13.5. The lowest BCUT2D eigenvalue weighted by Crippen LogP contribution is -2.02. The number of non-ortho nitro benzene ring substituents is 1. The SMILES string of the molecule is C/C(=N/Nc1cccc([N+](=O)[O-])c1)c1cc(F)c(Cl)cc1Cl. The molecule has 0 fully saturated rings. The molecule has 0 saturated heterocycles. The number of halogens is 3. The maximum Gasteiger partial charge on any atom is 0.271 e. The molecule has 0 aromatic heterocycles. The zero-order valence-electron chi connectivity index (χ0n) is 11.3. The van der Waals surface area contributed by atoms with Crippen molar-refractivity contribution in [1.82, 2.24) is 0 Å². The first-order valence-electron chi connectivity index (χ1n) is 6.08. The number of nitro benzene ring substituents is 1. The Hall–Kier alpha value is -2.18. The normalized spacial score (nSPS) is 11.4. The topological polar surface area (TPSA) is 67.5 Å². The van der Waals surface area contributed by atoms with Gasteiger partial charge in [0.2, 0.25) is 0 Å². The Labute approximate surface area is 135 Å². The average molecular weight is 342 g/mol. The molecule has 0 unspecified atom stereocenters. The molecular formula is C14H10Cl2FN3O2. The van der Waals surface area contributed by atoms with Crippen LogP contribution in [-0.2, 0) is 0 Å². The lowest BCUT2D eigenvalue weighted by molar-refractivity contribution is -0.384. The Morgan fingerprint density at radius 2 is 2.00 bits per heavy atom. The molecule has 0 heterocycles. The van der Waals surface area contributed by atoms with Gasteiger partial charge in [-0.05, 0) is 25.1 Å². The van der Waals surface area contributed by atoms with Crippen molar-refractivity contribution in [2.75, 3.05) is 5.43 Å². The number of hydrogen-bond donors (Lipinski definition) is 1. The van der Waals surface area contributed by atoms with Crippen molar-refractivity contribution in [2.24, 2.45) is 5.10 Å². The maximum absolute atomic E-state index is 13.5. The highest BCUT2D eigenvalue weighted by Crippen LogP contribution is 2.25. The quantitative estimate of drug-likeness (QED) is 0.373. The van der Waals surface area contributed by atoms with E-state index in [9.17, 15) is 14.5 Å². The number of nitrogens with zero attached hydrogens (tertiary/aromatic N) is 2. The molecule has 0 aliphatic heterocycles. The fraction of sp³-hybridized carbons (Fsp3) is 0.0714. The lowest BCUT2D eigenvalue weighted by atomic mass is 10.1. The Bertz CT molecular complexity index is 766. The molecule has 2 aromatic rings. The minimum Gasteiger partial charge on any atom is -0.278 e. The number of nitro groups is 1. The second-order valence-electron chi connectivity index (χ2n) is 4.36. The molecule has 0 spiro atoms. The van der Waals surface area contributed by atoms with E-state index in [1.807, 2.05) is 0 Å². The zero-order valence-corrected chi connectivity index (χ0v) is 12.8. The predicted octanol–water partition coefficient (Wildman–Crippen LogP) is 4.88. The highest BCUT2D eigenvalue weighted by molar-refractivity contribution is 6.37. The number of hydrazone groups is 1. The van der Waals surface area contributed by atoms with Crippen LogP contribution in [0.25, 0.3) is 0 Å². The van der Waals surface area contributed by atoms with Crippen molar-refractivity contribution in [3.63, 3.8) is 0 Å². The standard InChI is InChI=1S/C14H10Cl2FN3O2/c1-8(11-6-14(17)13(16)7-12(11)15)18-19-9-3-2-4-10(5-9)20(21)22/h2-7,19H,1H3/b18-8-. The van der Waals surface area contributed by atoms with E-state index in [0.717, 1.165) is 0 Å². The molecule has 0 amide bonds. The van der Waals surface area contributed by atoms with Crippen LogP contribution in [0.4, 0.5) is 15.8 Å². The van der Waals surface area contributed by atoms with Crippen LogP contribution in [0.3, 0.4) is 0 Å². The molecule has 114 valence electrons. The van der Waals surface area contributed by atoms with Crippen LogP contribution in [0.2, 0.25) is 10.0 Å². The van der Waals surface area contributed by atoms with Gasteiger partial charge in [-0.3, -0.25) is 15.5 Å². The van der Waals surface area contributed by atoms with Crippen LogP contribution in [0.5, 0.6) is 0 Å². The summed E-state index contributed by atoms with van der Waals surface area (Å²) in [5.74, 6) is -0.606. The largest absolute Gasteiger partial charge is 0.278 e. The van der Waals surface area contributed by atoms with E-state index in [1.54, 1.807) is 13.0 Å². The van der Waals surface area contributed by atoms with Crippen molar-refractivity contribution >= 4 is 40.3 Å². The van der Waals surface area contributed by atoms with Gasteiger partial charge in [-0.15, -0.1) is 0 Å². The second-order valence-corrected chi connectivity index (χ2v) is 5.18. The van der Waals surface area contributed by atoms with Crippen molar-refractivity contribution < 1.29 is 9.31 Å². The van der Waals surface area contributed by atoms with Gasteiger partial charge in [-0.1, -0.05) is 29.3 Å². The van der Waals surface area contributed by atoms with Crippen LogP contribution in [0.1, 0.15) is 12.5 Å². The molecular weight excluding hydrogens is 332 g/mol. The smallest absolute Gasteiger partial charge is 0.271 e. The third kappa shape index (κ3) is 3.72. The summed E-state index contributed by atoms with van der Waals surface area (Å²) in [4.78, 5) is 10.2. The van der Waals surface area contributed by atoms with Crippen LogP contribution in [-0.4, -0.2) is 10.6 Å². The van der Waals surface area contributed by atoms with E-state index in [-0.39, 0.29) is 15.7 Å². The fourth-order valence-electron chi connectivity index (χ4n) is 1.70. The first-order valence-corrected chi connectivity index (χ1v) is 6.83. The van der Waals surface area contributed by atoms with E-state index < -0.39 is 10.7 Å². The summed E-state index contributed by atoms with van der Waals surface area (Å²) in [5.41, 5.74) is 3.82. The molecule has 8 heteroatoms. The van der Waals surface area contributed by atoms with Gasteiger partial charge in [0, 0.05) is 17.7 Å². The monoisotopic (exact) mass is 341 g/mol. The molecule has 0 saturated carbocycles. The molecule has 0 radical (unpaired) electrons. The van der Waals surface area contributed by atoms with Crippen molar-refractivity contribution in [2.45, 2.75) is 6.92 Å². The summed E-state index contributed by atoms with van der Waals surface area (Å²) in [6.45, 7) is 1.62. The van der Waals surface area contributed by atoms with Gasteiger partial charge in [0.25, 0.3) is 5.69 Å². The molecule has 0 atom stereocenters. The van der Waals surface area contributed by atoms with E-state index in [0.29, 0.717) is 17.0 Å². The van der Waals surface area contributed by atoms with E-state index in [1.165, 1.54) is 30.3 Å². The highest BCUT2D eigenvalue weighted by Gasteiger charge is 2.10. The number of hydrogen-bond acceptors (Lipinski definition) is 4. The van der Waals surface area contributed by atoms with E-state index >= 15 is 0 Å².